The number of carbonyl (C=O) groups excluding carboxylic acids is 3. The molecule has 2 aliphatic rings. The molecule has 0 radical (unpaired) electrons. The Hall–Kier alpha value is -4.18. The van der Waals surface area contributed by atoms with Gasteiger partial charge < -0.3 is 30.9 Å². The molecule has 0 aromatic heterocycles. The van der Waals surface area contributed by atoms with Crippen LogP contribution in [0.4, 0.5) is 11.4 Å². The Morgan fingerprint density at radius 2 is 1.78 bits per heavy atom. The van der Waals surface area contributed by atoms with Crippen LogP contribution in [0, 0.1) is 12.3 Å². The highest BCUT2D eigenvalue weighted by Gasteiger charge is 2.32. The van der Waals surface area contributed by atoms with Crippen LogP contribution >= 0.6 is 0 Å². The van der Waals surface area contributed by atoms with Crippen molar-refractivity contribution in [3.05, 3.63) is 64.9 Å². The average Bonchev–Trinajstić information content (AvgIpc) is 2.89. The van der Waals surface area contributed by atoms with Crippen LogP contribution in [0.5, 0.6) is 5.75 Å². The Morgan fingerprint density at radius 3 is 2.39 bits per heavy atom. The zero-order chi connectivity index (χ0) is 25.8. The van der Waals surface area contributed by atoms with Gasteiger partial charge in [0.2, 0.25) is 0 Å². The fourth-order valence-corrected chi connectivity index (χ4v) is 4.40. The first-order chi connectivity index (χ1) is 17.3. The molecule has 2 aromatic rings. The summed E-state index contributed by atoms with van der Waals surface area (Å²) in [7, 11) is 1.56. The third-order valence-corrected chi connectivity index (χ3v) is 6.41. The lowest BCUT2D eigenvalue weighted by molar-refractivity contribution is -0.115. The van der Waals surface area contributed by atoms with Crippen molar-refractivity contribution < 1.29 is 19.1 Å². The number of anilines is 2. The summed E-state index contributed by atoms with van der Waals surface area (Å²) in [6, 6.07) is 12.3. The maximum absolute atomic E-state index is 13.6. The molecule has 0 aliphatic carbocycles. The van der Waals surface area contributed by atoms with Gasteiger partial charge in [-0.15, -0.1) is 0 Å². The largest absolute Gasteiger partial charge is 0.497 e. The summed E-state index contributed by atoms with van der Waals surface area (Å²) in [6.45, 7) is 4.97. The van der Waals surface area contributed by atoms with E-state index < -0.39 is 17.5 Å². The SMILES string of the molecule is COc1ccc(NC2=C(C(=N)C(N)=O)CCN(c3ccc(C(=O)N4CCNCC4)c(C)c3)C2=O)cc1. The van der Waals surface area contributed by atoms with E-state index in [2.05, 4.69) is 10.6 Å². The Bertz CT molecular complexity index is 1230. The zero-order valence-corrected chi connectivity index (χ0v) is 20.4. The van der Waals surface area contributed by atoms with Gasteiger partial charge in [0.15, 0.2) is 0 Å². The van der Waals surface area contributed by atoms with E-state index in [4.69, 9.17) is 15.9 Å². The first-order valence-corrected chi connectivity index (χ1v) is 11.8. The molecule has 0 unspecified atom stereocenters. The molecule has 0 atom stereocenters. The van der Waals surface area contributed by atoms with E-state index in [0.717, 1.165) is 18.7 Å². The minimum Gasteiger partial charge on any atom is -0.497 e. The van der Waals surface area contributed by atoms with Crippen LogP contribution in [-0.2, 0) is 9.59 Å². The first-order valence-electron chi connectivity index (χ1n) is 11.8. The molecule has 0 bridgehead atoms. The predicted octanol–water partition coefficient (Wildman–Crippen LogP) is 1.66. The van der Waals surface area contributed by atoms with Gasteiger partial charge in [-0.1, -0.05) is 0 Å². The first kappa shape index (κ1) is 24.9. The standard InChI is InChI=1S/C26H30N6O4/c1-16-15-18(5-8-20(16)25(34)31-13-10-29-11-14-31)32-12-9-21(22(27)24(28)33)23(26(32)35)30-17-3-6-19(36-2)7-4-17/h3-8,15,27,29-30H,9-14H2,1-2H3,(H2,28,33). The number of carbonyl (C=O) groups is 3. The summed E-state index contributed by atoms with van der Waals surface area (Å²) in [5.41, 5.74) is 7.97. The number of hydrogen-bond acceptors (Lipinski definition) is 7. The normalized spacial score (nSPS) is 16.1. The average molecular weight is 491 g/mol. The summed E-state index contributed by atoms with van der Waals surface area (Å²) in [5.74, 6) is -0.655. The maximum Gasteiger partial charge on any atom is 0.275 e. The van der Waals surface area contributed by atoms with E-state index in [1.165, 1.54) is 0 Å². The van der Waals surface area contributed by atoms with Gasteiger partial charge in [0, 0.05) is 55.2 Å². The highest BCUT2D eigenvalue weighted by Crippen LogP contribution is 2.29. The van der Waals surface area contributed by atoms with Gasteiger partial charge >= 0.3 is 0 Å². The van der Waals surface area contributed by atoms with E-state index >= 15 is 0 Å². The van der Waals surface area contributed by atoms with E-state index in [9.17, 15) is 14.4 Å². The maximum atomic E-state index is 13.6. The van der Waals surface area contributed by atoms with Crippen LogP contribution in [0.2, 0.25) is 0 Å². The number of nitrogens with two attached hydrogens (primary N) is 1. The number of piperazine rings is 1. The highest BCUT2D eigenvalue weighted by atomic mass is 16.5. The molecule has 2 aromatic carbocycles. The molecule has 36 heavy (non-hydrogen) atoms. The van der Waals surface area contributed by atoms with Crippen molar-refractivity contribution in [3.8, 4) is 5.75 Å². The zero-order valence-electron chi connectivity index (χ0n) is 20.4. The van der Waals surface area contributed by atoms with E-state index in [0.29, 0.717) is 35.8 Å². The van der Waals surface area contributed by atoms with Crippen LogP contribution < -0.4 is 26.0 Å². The second kappa shape index (κ2) is 10.6. The molecule has 1 saturated heterocycles. The molecule has 2 heterocycles. The molecule has 1 fully saturated rings. The summed E-state index contributed by atoms with van der Waals surface area (Å²) >= 11 is 0. The molecule has 188 valence electrons. The fourth-order valence-electron chi connectivity index (χ4n) is 4.40. The number of benzene rings is 2. The van der Waals surface area contributed by atoms with Crippen molar-refractivity contribution in [3.63, 3.8) is 0 Å². The molecular weight excluding hydrogens is 460 g/mol. The van der Waals surface area contributed by atoms with Crippen molar-refractivity contribution in [2.45, 2.75) is 13.3 Å². The van der Waals surface area contributed by atoms with E-state index in [1.54, 1.807) is 48.4 Å². The van der Waals surface area contributed by atoms with Crippen molar-refractivity contribution in [1.29, 1.82) is 5.41 Å². The van der Waals surface area contributed by atoms with Crippen LogP contribution in [0.1, 0.15) is 22.3 Å². The lowest BCUT2D eigenvalue weighted by Crippen LogP contribution is -2.46. The third kappa shape index (κ3) is 5.08. The minimum atomic E-state index is -0.896. The van der Waals surface area contributed by atoms with Crippen molar-refractivity contribution in [1.82, 2.24) is 10.2 Å². The summed E-state index contributed by atoms with van der Waals surface area (Å²) in [4.78, 5) is 41.8. The summed E-state index contributed by atoms with van der Waals surface area (Å²) in [6.07, 6.45) is 0.270. The number of rotatable bonds is 7. The van der Waals surface area contributed by atoms with E-state index in [-0.39, 0.29) is 30.1 Å². The minimum absolute atomic E-state index is 0.0236. The number of methoxy groups -OCH3 is 1. The number of hydrogen-bond donors (Lipinski definition) is 4. The number of primary amides is 1. The molecular formula is C26H30N6O4. The number of nitrogens with zero attached hydrogens (tertiary/aromatic N) is 2. The monoisotopic (exact) mass is 490 g/mol. The van der Waals surface area contributed by atoms with Crippen LogP contribution in [0.25, 0.3) is 0 Å². The second-order valence-electron chi connectivity index (χ2n) is 8.69. The van der Waals surface area contributed by atoms with Gasteiger partial charge in [-0.05, 0) is 61.4 Å². The summed E-state index contributed by atoms with van der Waals surface area (Å²) < 4.78 is 5.18. The van der Waals surface area contributed by atoms with Crippen molar-refractivity contribution >= 4 is 34.8 Å². The lowest BCUT2D eigenvalue weighted by atomic mass is 9.97. The van der Waals surface area contributed by atoms with Gasteiger partial charge in [-0.2, -0.15) is 0 Å². The molecule has 10 heteroatoms. The van der Waals surface area contributed by atoms with E-state index in [1.807, 2.05) is 17.9 Å². The molecule has 4 rings (SSSR count). The fraction of sp³-hybridized carbons (Fsp3) is 0.308. The topological polar surface area (TPSA) is 141 Å². The number of nitrogens with one attached hydrogen (secondary N) is 3. The quantitative estimate of drug-likeness (QED) is 0.435. The smallest absolute Gasteiger partial charge is 0.275 e. The Kier molecular flexibility index (Phi) is 7.35. The second-order valence-corrected chi connectivity index (χ2v) is 8.69. The van der Waals surface area contributed by atoms with Crippen molar-refractivity contribution in [2.24, 2.45) is 5.73 Å². The van der Waals surface area contributed by atoms with Gasteiger partial charge in [-0.3, -0.25) is 19.8 Å². The molecule has 5 N–H and O–H groups in total. The van der Waals surface area contributed by atoms with Gasteiger partial charge in [0.05, 0.1) is 7.11 Å². The molecule has 2 aliphatic heterocycles. The van der Waals surface area contributed by atoms with Gasteiger partial charge in [0.1, 0.15) is 17.2 Å². The summed E-state index contributed by atoms with van der Waals surface area (Å²) in [5, 5.41) is 14.5. The molecule has 0 spiro atoms. The number of aryl methyl sites for hydroxylation is 1. The number of amides is 3. The molecule has 10 nitrogen and oxygen atoms in total. The molecule has 0 saturated carbocycles. The lowest BCUT2D eigenvalue weighted by Gasteiger charge is -2.32. The van der Waals surface area contributed by atoms with Crippen LogP contribution in [-0.4, -0.2) is 68.2 Å². The van der Waals surface area contributed by atoms with Gasteiger partial charge in [0.25, 0.3) is 17.7 Å². The number of ether oxygens (including phenoxy) is 1. The Morgan fingerprint density at radius 1 is 1.08 bits per heavy atom. The van der Waals surface area contributed by atoms with Crippen LogP contribution in [0.15, 0.2) is 53.7 Å². The Labute approximate surface area is 209 Å². The van der Waals surface area contributed by atoms with Crippen molar-refractivity contribution in [2.75, 3.05) is 50.1 Å². The predicted molar refractivity (Wildman–Crippen MR) is 137 cm³/mol. The van der Waals surface area contributed by atoms with Crippen LogP contribution in [0.3, 0.4) is 0 Å². The van der Waals surface area contributed by atoms with Gasteiger partial charge in [-0.25, -0.2) is 0 Å². The highest BCUT2D eigenvalue weighted by molar-refractivity contribution is 6.44. The third-order valence-electron chi connectivity index (χ3n) is 6.41. The molecule has 3 amide bonds. The Balaban J connectivity index is 1.62.